The van der Waals surface area contributed by atoms with Crippen molar-refractivity contribution in [3.63, 3.8) is 0 Å². The molecule has 1 heterocycles. The Balaban J connectivity index is 2.33. The summed E-state index contributed by atoms with van der Waals surface area (Å²) in [6, 6.07) is 6.44. The minimum Gasteiger partial charge on any atom is -0.496 e. The number of aryl methyl sites for hydroxylation is 1. The molecule has 1 aromatic carbocycles. The molecule has 0 aromatic heterocycles. The van der Waals surface area contributed by atoms with Crippen LogP contribution in [0.5, 0.6) is 5.75 Å². The first-order chi connectivity index (χ1) is 8.00. The number of hydrogen-bond donors (Lipinski definition) is 0. The quantitative estimate of drug-likeness (QED) is 0.793. The Morgan fingerprint density at radius 3 is 2.53 bits per heavy atom. The Kier molecular flexibility index (Phi) is 3.17. The third kappa shape index (κ3) is 1.95. The number of methoxy groups -OCH3 is 1. The maximum atomic E-state index is 5.88. The normalized spacial score (nSPS) is 26.4. The van der Waals surface area contributed by atoms with E-state index in [9.17, 15) is 0 Å². The fraction of sp³-hybridized carbons (Fsp3) is 0.600. The molecule has 2 atom stereocenters. The molecule has 0 N–H and O–H groups in total. The Labute approximate surface area is 104 Å². The second-order valence-electron chi connectivity index (χ2n) is 5.41. The fourth-order valence-electron chi connectivity index (χ4n) is 2.36. The van der Waals surface area contributed by atoms with E-state index < -0.39 is 0 Å². The predicted octanol–water partition coefficient (Wildman–Crippen LogP) is 3.74. The average molecular weight is 234 g/mol. The molecular formula is C15H22O2. The van der Waals surface area contributed by atoms with Crippen molar-refractivity contribution in [1.29, 1.82) is 0 Å². The van der Waals surface area contributed by atoms with Crippen molar-refractivity contribution in [2.45, 2.75) is 46.3 Å². The van der Waals surface area contributed by atoms with Crippen LogP contribution in [0.4, 0.5) is 0 Å². The van der Waals surface area contributed by atoms with E-state index in [0.717, 1.165) is 12.2 Å². The molecule has 1 aromatic rings. The van der Waals surface area contributed by atoms with E-state index in [4.69, 9.17) is 9.47 Å². The van der Waals surface area contributed by atoms with Crippen LogP contribution < -0.4 is 4.74 Å². The SMILES string of the molecule is CCc1ccc(C2OC(C)C2(C)C)c(OC)c1. The molecule has 1 aliphatic heterocycles. The summed E-state index contributed by atoms with van der Waals surface area (Å²) >= 11 is 0. The molecule has 0 spiro atoms. The molecule has 94 valence electrons. The summed E-state index contributed by atoms with van der Waals surface area (Å²) in [7, 11) is 1.73. The van der Waals surface area contributed by atoms with Crippen molar-refractivity contribution in [2.24, 2.45) is 5.41 Å². The molecular weight excluding hydrogens is 212 g/mol. The largest absolute Gasteiger partial charge is 0.496 e. The molecule has 1 saturated heterocycles. The van der Waals surface area contributed by atoms with Gasteiger partial charge in [-0.25, -0.2) is 0 Å². The van der Waals surface area contributed by atoms with E-state index >= 15 is 0 Å². The van der Waals surface area contributed by atoms with Gasteiger partial charge in [0.25, 0.3) is 0 Å². The maximum absolute atomic E-state index is 5.88. The van der Waals surface area contributed by atoms with Gasteiger partial charge in [-0.3, -0.25) is 0 Å². The van der Waals surface area contributed by atoms with Crippen LogP contribution in [-0.4, -0.2) is 13.2 Å². The molecule has 2 unspecified atom stereocenters. The zero-order valence-corrected chi connectivity index (χ0v) is 11.4. The molecule has 1 fully saturated rings. The molecule has 0 saturated carbocycles. The van der Waals surface area contributed by atoms with Crippen LogP contribution in [0.1, 0.15) is 44.9 Å². The smallest absolute Gasteiger partial charge is 0.124 e. The van der Waals surface area contributed by atoms with Gasteiger partial charge in [0.05, 0.1) is 19.3 Å². The fourth-order valence-corrected chi connectivity index (χ4v) is 2.36. The zero-order valence-electron chi connectivity index (χ0n) is 11.4. The Morgan fingerprint density at radius 1 is 1.35 bits per heavy atom. The molecule has 2 heteroatoms. The summed E-state index contributed by atoms with van der Waals surface area (Å²) in [6.45, 7) is 8.78. The highest BCUT2D eigenvalue weighted by Gasteiger charge is 2.48. The van der Waals surface area contributed by atoms with Gasteiger partial charge < -0.3 is 9.47 Å². The van der Waals surface area contributed by atoms with E-state index in [1.165, 1.54) is 11.1 Å². The number of hydrogen-bond acceptors (Lipinski definition) is 2. The Bertz CT molecular complexity index is 409. The first kappa shape index (κ1) is 12.4. The molecule has 2 nitrogen and oxygen atoms in total. The molecule has 0 aliphatic carbocycles. The molecule has 0 radical (unpaired) electrons. The number of ether oxygens (including phenoxy) is 2. The van der Waals surface area contributed by atoms with Crippen molar-refractivity contribution < 1.29 is 9.47 Å². The van der Waals surface area contributed by atoms with Gasteiger partial charge in [-0.1, -0.05) is 32.9 Å². The van der Waals surface area contributed by atoms with Gasteiger partial charge in [0, 0.05) is 11.0 Å². The van der Waals surface area contributed by atoms with Gasteiger partial charge in [0.15, 0.2) is 0 Å². The van der Waals surface area contributed by atoms with Gasteiger partial charge in [-0.05, 0) is 25.0 Å². The number of benzene rings is 1. The van der Waals surface area contributed by atoms with Gasteiger partial charge >= 0.3 is 0 Å². The summed E-state index contributed by atoms with van der Waals surface area (Å²) in [6.07, 6.45) is 1.49. The standard InChI is InChI=1S/C15H22O2/c1-6-11-7-8-12(13(9-11)16-5)14-15(3,4)10(2)17-14/h7-10,14H,6H2,1-5H3. The minimum absolute atomic E-state index is 0.151. The second kappa shape index (κ2) is 4.34. The first-order valence-electron chi connectivity index (χ1n) is 6.33. The van der Waals surface area contributed by atoms with Crippen LogP contribution in [0.3, 0.4) is 0 Å². The van der Waals surface area contributed by atoms with E-state index in [1.54, 1.807) is 7.11 Å². The third-order valence-corrected chi connectivity index (χ3v) is 4.05. The van der Waals surface area contributed by atoms with Crippen LogP contribution in [-0.2, 0) is 11.2 Å². The van der Waals surface area contributed by atoms with Crippen molar-refractivity contribution in [3.05, 3.63) is 29.3 Å². The molecule has 1 aliphatic rings. The van der Waals surface area contributed by atoms with Crippen LogP contribution in [0.15, 0.2) is 18.2 Å². The summed E-state index contributed by atoms with van der Waals surface area (Å²) < 4.78 is 11.4. The second-order valence-corrected chi connectivity index (χ2v) is 5.41. The highest BCUT2D eigenvalue weighted by Crippen LogP contribution is 2.52. The van der Waals surface area contributed by atoms with Gasteiger partial charge in [0.1, 0.15) is 5.75 Å². The molecule has 0 amide bonds. The lowest BCUT2D eigenvalue weighted by Crippen LogP contribution is -2.48. The molecule has 17 heavy (non-hydrogen) atoms. The van der Waals surface area contributed by atoms with Crippen LogP contribution >= 0.6 is 0 Å². The zero-order chi connectivity index (χ0) is 12.6. The summed E-state index contributed by atoms with van der Waals surface area (Å²) in [5.41, 5.74) is 2.66. The van der Waals surface area contributed by atoms with E-state index in [1.807, 2.05) is 0 Å². The van der Waals surface area contributed by atoms with E-state index in [-0.39, 0.29) is 11.5 Å². The van der Waals surface area contributed by atoms with E-state index in [0.29, 0.717) is 6.10 Å². The van der Waals surface area contributed by atoms with Crippen LogP contribution in [0.25, 0.3) is 0 Å². The average Bonchev–Trinajstić information content (AvgIpc) is 2.35. The highest BCUT2D eigenvalue weighted by atomic mass is 16.5. The van der Waals surface area contributed by atoms with Crippen molar-refractivity contribution in [2.75, 3.05) is 7.11 Å². The first-order valence-corrected chi connectivity index (χ1v) is 6.33. The Morgan fingerprint density at radius 2 is 2.06 bits per heavy atom. The van der Waals surface area contributed by atoms with Gasteiger partial charge in [-0.15, -0.1) is 0 Å². The molecule has 2 rings (SSSR count). The summed E-state index contributed by atoms with van der Waals surface area (Å²) in [4.78, 5) is 0. The van der Waals surface area contributed by atoms with Crippen LogP contribution in [0.2, 0.25) is 0 Å². The summed E-state index contributed by atoms with van der Waals surface area (Å²) in [5, 5.41) is 0. The lowest BCUT2D eigenvalue weighted by Gasteiger charge is -2.50. The van der Waals surface area contributed by atoms with Gasteiger partial charge in [-0.2, -0.15) is 0 Å². The minimum atomic E-state index is 0.151. The molecule has 0 bridgehead atoms. The third-order valence-electron chi connectivity index (χ3n) is 4.05. The van der Waals surface area contributed by atoms with E-state index in [2.05, 4.69) is 45.9 Å². The topological polar surface area (TPSA) is 18.5 Å². The van der Waals surface area contributed by atoms with Crippen molar-refractivity contribution in [1.82, 2.24) is 0 Å². The number of rotatable bonds is 3. The lowest BCUT2D eigenvalue weighted by molar-refractivity contribution is -0.230. The van der Waals surface area contributed by atoms with Crippen molar-refractivity contribution in [3.8, 4) is 5.75 Å². The highest BCUT2D eigenvalue weighted by molar-refractivity contribution is 5.41. The lowest BCUT2D eigenvalue weighted by atomic mass is 9.73. The van der Waals surface area contributed by atoms with Gasteiger partial charge in [0.2, 0.25) is 0 Å². The Hall–Kier alpha value is -1.02. The predicted molar refractivity (Wildman–Crippen MR) is 69.4 cm³/mol. The van der Waals surface area contributed by atoms with Crippen LogP contribution in [0, 0.1) is 5.41 Å². The monoisotopic (exact) mass is 234 g/mol. The van der Waals surface area contributed by atoms with Crippen molar-refractivity contribution >= 4 is 0 Å². The summed E-state index contributed by atoms with van der Waals surface area (Å²) in [5.74, 6) is 0.953. The maximum Gasteiger partial charge on any atom is 0.124 e.